The molecule has 2 N–H and O–H groups in total. The van der Waals surface area contributed by atoms with Crippen molar-refractivity contribution in [1.82, 2.24) is 20.4 Å². The van der Waals surface area contributed by atoms with E-state index in [1.807, 2.05) is 6.20 Å². The number of nitrogens with zero attached hydrogens (tertiary/aromatic N) is 2. The molecule has 1 aliphatic heterocycles. The summed E-state index contributed by atoms with van der Waals surface area (Å²) >= 11 is 0. The third-order valence-electron chi connectivity index (χ3n) is 4.27. The van der Waals surface area contributed by atoms with Crippen molar-refractivity contribution in [2.45, 2.75) is 32.6 Å². The molecule has 130 valence electrons. The number of H-pyrrole nitrogens is 1. The molecule has 5 nitrogen and oxygen atoms in total. The molecule has 2 heterocycles. The lowest BCUT2D eigenvalue weighted by molar-refractivity contribution is -0.0674. The fourth-order valence-corrected chi connectivity index (χ4v) is 3.24. The summed E-state index contributed by atoms with van der Waals surface area (Å²) in [6, 6.07) is 6.47. The van der Waals surface area contributed by atoms with Crippen molar-refractivity contribution >= 4 is 0 Å². The summed E-state index contributed by atoms with van der Waals surface area (Å²) in [7, 11) is 0. The lowest BCUT2D eigenvalue weighted by Gasteiger charge is -2.35. The highest BCUT2D eigenvalue weighted by Gasteiger charge is 2.21. The van der Waals surface area contributed by atoms with Gasteiger partial charge in [-0.3, -0.25) is 10.00 Å². The number of nitrogens with one attached hydrogen (secondary N) is 2. The molecule has 0 bridgehead atoms. The Morgan fingerprint density at radius 2 is 1.96 bits per heavy atom. The van der Waals surface area contributed by atoms with Crippen molar-refractivity contribution in [2.75, 3.05) is 26.2 Å². The van der Waals surface area contributed by atoms with Crippen molar-refractivity contribution in [1.29, 1.82) is 0 Å². The Morgan fingerprint density at radius 3 is 2.67 bits per heavy atom. The van der Waals surface area contributed by atoms with E-state index in [1.165, 1.54) is 12.1 Å². The number of aromatic nitrogens is 2. The van der Waals surface area contributed by atoms with Gasteiger partial charge in [0.25, 0.3) is 0 Å². The minimum absolute atomic E-state index is 0.230. The lowest BCUT2D eigenvalue weighted by Crippen LogP contribution is -2.47. The van der Waals surface area contributed by atoms with Gasteiger partial charge < -0.3 is 10.1 Å². The summed E-state index contributed by atoms with van der Waals surface area (Å²) in [4.78, 5) is 2.43. The standard InChI is InChI=1S/C18H25FN4O/c1-13-11-23(12-14(2)24-13)8-7-20-9-16-10-21-22-18(16)15-3-5-17(19)6-4-15/h3-6,10,13-14,20H,7-9,11-12H2,1-2H3,(H,21,22)/t13-,14-/m0/s1. The molecule has 1 fully saturated rings. The van der Waals surface area contributed by atoms with Gasteiger partial charge in [0.05, 0.1) is 24.1 Å². The van der Waals surface area contributed by atoms with Crippen molar-refractivity contribution < 1.29 is 9.13 Å². The maximum absolute atomic E-state index is 13.1. The highest BCUT2D eigenvalue weighted by Crippen LogP contribution is 2.21. The van der Waals surface area contributed by atoms with Gasteiger partial charge in [-0.25, -0.2) is 4.39 Å². The van der Waals surface area contributed by atoms with E-state index in [0.29, 0.717) is 12.2 Å². The first-order valence-corrected chi connectivity index (χ1v) is 8.48. The third-order valence-corrected chi connectivity index (χ3v) is 4.27. The van der Waals surface area contributed by atoms with Crippen molar-refractivity contribution in [2.24, 2.45) is 0 Å². The Labute approximate surface area is 142 Å². The maximum atomic E-state index is 13.1. The zero-order valence-electron chi connectivity index (χ0n) is 14.3. The van der Waals surface area contributed by atoms with Gasteiger partial charge in [-0.05, 0) is 38.1 Å². The van der Waals surface area contributed by atoms with Crippen LogP contribution in [0.15, 0.2) is 30.5 Å². The van der Waals surface area contributed by atoms with Gasteiger partial charge >= 0.3 is 0 Å². The van der Waals surface area contributed by atoms with E-state index < -0.39 is 0 Å². The highest BCUT2D eigenvalue weighted by atomic mass is 19.1. The first-order chi connectivity index (χ1) is 11.6. The van der Waals surface area contributed by atoms with Crippen molar-refractivity contribution in [3.8, 4) is 11.3 Å². The molecule has 0 radical (unpaired) electrons. The monoisotopic (exact) mass is 332 g/mol. The predicted molar refractivity (Wildman–Crippen MR) is 92.1 cm³/mol. The zero-order valence-corrected chi connectivity index (χ0v) is 14.3. The van der Waals surface area contributed by atoms with Crippen LogP contribution in [0.5, 0.6) is 0 Å². The minimum atomic E-state index is -0.230. The number of hydrogen-bond acceptors (Lipinski definition) is 4. The molecular formula is C18H25FN4O. The van der Waals surface area contributed by atoms with Gasteiger partial charge in [0.1, 0.15) is 5.82 Å². The van der Waals surface area contributed by atoms with Crippen LogP contribution in [0.4, 0.5) is 4.39 Å². The van der Waals surface area contributed by atoms with Crippen LogP contribution >= 0.6 is 0 Å². The fourth-order valence-electron chi connectivity index (χ4n) is 3.24. The smallest absolute Gasteiger partial charge is 0.123 e. The second-order valence-corrected chi connectivity index (χ2v) is 6.47. The summed E-state index contributed by atoms with van der Waals surface area (Å²) in [6.45, 7) is 8.86. The number of benzene rings is 1. The number of hydrogen-bond donors (Lipinski definition) is 2. The Balaban J connectivity index is 1.49. The molecule has 3 rings (SSSR count). The number of rotatable bonds is 6. The summed E-state index contributed by atoms with van der Waals surface area (Å²) in [5, 5.41) is 10.6. The van der Waals surface area contributed by atoms with Crippen LogP contribution in [0.1, 0.15) is 19.4 Å². The maximum Gasteiger partial charge on any atom is 0.123 e. The normalized spacial score (nSPS) is 22.0. The van der Waals surface area contributed by atoms with Gasteiger partial charge in [0, 0.05) is 43.9 Å². The van der Waals surface area contributed by atoms with Gasteiger partial charge in [0.2, 0.25) is 0 Å². The lowest BCUT2D eigenvalue weighted by atomic mass is 10.1. The van der Waals surface area contributed by atoms with Crippen molar-refractivity contribution in [3.05, 3.63) is 41.8 Å². The molecule has 0 amide bonds. The van der Waals surface area contributed by atoms with E-state index in [-0.39, 0.29) is 5.82 Å². The highest BCUT2D eigenvalue weighted by molar-refractivity contribution is 5.62. The summed E-state index contributed by atoms with van der Waals surface area (Å²) in [5.74, 6) is -0.230. The molecule has 1 aromatic heterocycles. The molecule has 2 aromatic rings. The molecule has 0 saturated carbocycles. The first-order valence-electron chi connectivity index (χ1n) is 8.48. The van der Waals surface area contributed by atoms with Gasteiger partial charge in [-0.1, -0.05) is 0 Å². The third kappa shape index (κ3) is 4.41. The molecule has 2 atom stereocenters. The van der Waals surface area contributed by atoms with Crippen LogP contribution in [0, 0.1) is 5.82 Å². The Hall–Kier alpha value is -1.76. The Morgan fingerprint density at radius 1 is 1.25 bits per heavy atom. The Bertz CT molecular complexity index is 633. The second kappa shape index (κ2) is 7.88. The number of halogens is 1. The van der Waals surface area contributed by atoms with E-state index in [0.717, 1.165) is 49.5 Å². The number of ether oxygens (including phenoxy) is 1. The van der Waals surface area contributed by atoms with E-state index >= 15 is 0 Å². The van der Waals surface area contributed by atoms with Crippen molar-refractivity contribution in [3.63, 3.8) is 0 Å². The first kappa shape index (κ1) is 17.1. The van der Waals surface area contributed by atoms with Crippen LogP contribution in [-0.4, -0.2) is 53.5 Å². The summed E-state index contributed by atoms with van der Waals surface area (Å²) in [5.41, 5.74) is 2.97. The van der Waals surface area contributed by atoms with Crippen LogP contribution in [0.3, 0.4) is 0 Å². The molecule has 0 aliphatic carbocycles. The second-order valence-electron chi connectivity index (χ2n) is 6.47. The topological polar surface area (TPSA) is 53.2 Å². The summed E-state index contributed by atoms with van der Waals surface area (Å²) in [6.07, 6.45) is 2.42. The SMILES string of the molecule is C[C@H]1CN(CCNCc2cn[nH]c2-c2ccc(F)cc2)C[C@H](C)O1. The average molecular weight is 332 g/mol. The molecule has 0 spiro atoms. The minimum Gasteiger partial charge on any atom is -0.373 e. The average Bonchev–Trinajstić information content (AvgIpc) is 3.00. The quantitative estimate of drug-likeness (QED) is 0.798. The zero-order chi connectivity index (χ0) is 16.9. The van der Waals surface area contributed by atoms with E-state index in [1.54, 1.807) is 12.1 Å². The fraction of sp³-hybridized carbons (Fsp3) is 0.500. The molecule has 0 unspecified atom stereocenters. The van der Waals surface area contributed by atoms with Crippen LogP contribution in [0.25, 0.3) is 11.3 Å². The number of aromatic amines is 1. The molecule has 1 aliphatic rings. The predicted octanol–water partition coefficient (Wildman–Crippen LogP) is 2.41. The summed E-state index contributed by atoms with van der Waals surface area (Å²) < 4.78 is 18.8. The van der Waals surface area contributed by atoms with E-state index in [9.17, 15) is 4.39 Å². The Kier molecular flexibility index (Phi) is 5.60. The van der Waals surface area contributed by atoms with E-state index in [4.69, 9.17) is 4.74 Å². The molecule has 24 heavy (non-hydrogen) atoms. The van der Waals surface area contributed by atoms with Gasteiger partial charge in [-0.2, -0.15) is 5.10 Å². The van der Waals surface area contributed by atoms with Gasteiger partial charge in [0.15, 0.2) is 0 Å². The molecular weight excluding hydrogens is 307 g/mol. The molecule has 1 aromatic carbocycles. The number of morpholine rings is 1. The largest absolute Gasteiger partial charge is 0.373 e. The van der Waals surface area contributed by atoms with Crippen LogP contribution in [0.2, 0.25) is 0 Å². The molecule has 6 heteroatoms. The van der Waals surface area contributed by atoms with Gasteiger partial charge in [-0.15, -0.1) is 0 Å². The van der Waals surface area contributed by atoms with E-state index in [2.05, 4.69) is 34.3 Å². The van der Waals surface area contributed by atoms with Crippen LogP contribution in [-0.2, 0) is 11.3 Å². The molecule has 1 saturated heterocycles. The van der Waals surface area contributed by atoms with Crippen LogP contribution < -0.4 is 5.32 Å².